The zero-order chi connectivity index (χ0) is 16.1. The molecule has 1 aromatic heterocycles. The lowest BCUT2D eigenvalue weighted by Gasteiger charge is -2.32. The third-order valence-corrected chi connectivity index (χ3v) is 5.64. The van der Waals surface area contributed by atoms with Gasteiger partial charge in [0.05, 0.1) is 6.61 Å². The van der Waals surface area contributed by atoms with Crippen LogP contribution in [0.25, 0.3) is 0 Å². The molecular formula is C18H28N2O2S. The van der Waals surface area contributed by atoms with Crippen molar-refractivity contribution in [3.63, 3.8) is 0 Å². The monoisotopic (exact) mass is 336 g/mol. The maximum absolute atomic E-state index is 12.1. The minimum absolute atomic E-state index is 0.0426. The van der Waals surface area contributed by atoms with Crippen LogP contribution in [0.3, 0.4) is 0 Å². The highest BCUT2D eigenvalue weighted by Crippen LogP contribution is 2.29. The second kappa shape index (κ2) is 8.27. The molecule has 0 radical (unpaired) electrons. The molecule has 0 aromatic carbocycles. The van der Waals surface area contributed by atoms with Gasteiger partial charge in [-0.05, 0) is 62.4 Å². The molecule has 4 nitrogen and oxygen atoms in total. The van der Waals surface area contributed by atoms with Crippen LogP contribution in [0.4, 0.5) is 0 Å². The molecule has 5 heteroatoms. The Morgan fingerprint density at radius 3 is 3.04 bits per heavy atom. The Morgan fingerprint density at radius 2 is 2.30 bits per heavy atom. The average Bonchev–Trinajstić information content (AvgIpc) is 3.26. The molecule has 0 unspecified atom stereocenters. The van der Waals surface area contributed by atoms with Crippen LogP contribution in [0.2, 0.25) is 0 Å². The number of ether oxygens (including phenoxy) is 1. The molecule has 128 valence electrons. The fourth-order valence-corrected chi connectivity index (χ4v) is 3.86. The number of piperidine rings is 1. The summed E-state index contributed by atoms with van der Waals surface area (Å²) in [6, 6.07) is 4.32. The van der Waals surface area contributed by atoms with Crippen molar-refractivity contribution in [3.05, 3.63) is 22.4 Å². The lowest BCUT2D eigenvalue weighted by molar-refractivity contribution is -0.132. The van der Waals surface area contributed by atoms with E-state index in [1.165, 1.54) is 37.1 Å². The number of thiophene rings is 1. The molecular weight excluding hydrogens is 308 g/mol. The first-order valence-electron chi connectivity index (χ1n) is 8.84. The van der Waals surface area contributed by atoms with Gasteiger partial charge in [0.1, 0.15) is 6.10 Å². The highest BCUT2D eigenvalue weighted by molar-refractivity contribution is 7.09. The number of carbonyl (C=O) groups excluding carboxylic acids is 1. The van der Waals surface area contributed by atoms with Gasteiger partial charge < -0.3 is 10.1 Å². The molecule has 2 atom stereocenters. The predicted octanol–water partition coefficient (Wildman–Crippen LogP) is 2.89. The zero-order valence-electron chi connectivity index (χ0n) is 14.0. The lowest BCUT2D eigenvalue weighted by Crippen LogP contribution is -2.43. The van der Waals surface area contributed by atoms with Crippen LogP contribution in [0.5, 0.6) is 0 Å². The summed E-state index contributed by atoms with van der Waals surface area (Å²) in [7, 11) is 0. The third kappa shape index (κ3) is 5.59. The predicted molar refractivity (Wildman–Crippen MR) is 93.5 cm³/mol. The molecule has 0 bridgehead atoms. The second-order valence-corrected chi connectivity index (χ2v) is 8.02. The summed E-state index contributed by atoms with van der Waals surface area (Å²) in [6.07, 6.45) is 4.63. The molecule has 0 spiro atoms. The largest absolute Gasteiger partial charge is 0.368 e. The minimum Gasteiger partial charge on any atom is -0.368 e. The quantitative estimate of drug-likeness (QED) is 0.794. The first kappa shape index (κ1) is 16.9. The van der Waals surface area contributed by atoms with Crippen molar-refractivity contribution < 1.29 is 9.53 Å². The summed E-state index contributed by atoms with van der Waals surface area (Å²) in [5, 5.41) is 5.23. The van der Waals surface area contributed by atoms with Gasteiger partial charge in [-0.2, -0.15) is 0 Å². The van der Waals surface area contributed by atoms with Gasteiger partial charge >= 0.3 is 0 Å². The van der Waals surface area contributed by atoms with Crippen molar-refractivity contribution in [2.75, 3.05) is 26.2 Å². The maximum atomic E-state index is 12.1. The number of carbonyl (C=O) groups is 1. The van der Waals surface area contributed by atoms with E-state index in [1.54, 1.807) is 0 Å². The molecule has 3 rings (SSSR count). The summed E-state index contributed by atoms with van der Waals surface area (Å²) in [4.78, 5) is 16.0. The van der Waals surface area contributed by atoms with E-state index in [4.69, 9.17) is 4.74 Å². The zero-order valence-corrected chi connectivity index (χ0v) is 14.8. The van der Waals surface area contributed by atoms with E-state index in [0.717, 1.165) is 26.2 Å². The van der Waals surface area contributed by atoms with Gasteiger partial charge in [-0.15, -0.1) is 11.3 Å². The topological polar surface area (TPSA) is 41.6 Å². The van der Waals surface area contributed by atoms with Crippen molar-refractivity contribution in [2.24, 2.45) is 11.8 Å². The molecule has 2 aliphatic rings. The molecule has 1 aliphatic heterocycles. The van der Waals surface area contributed by atoms with Crippen LogP contribution >= 0.6 is 11.3 Å². The summed E-state index contributed by atoms with van der Waals surface area (Å²) in [5.74, 6) is 1.30. The van der Waals surface area contributed by atoms with E-state index < -0.39 is 0 Å². The summed E-state index contributed by atoms with van der Waals surface area (Å²) >= 11 is 1.82. The highest BCUT2D eigenvalue weighted by Gasteiger charge is 2.25. The Bertz CT molecular complexity index is 487. The molecule has 1 aliphatic carbocycles. The first-order valence-corrected chi connectivity index (χ1v) is 9.72. The molecule has 2 fully saturated rings. The van der Waals surface area contributed by atoms with Gasteiger partial charge in [0.15, 0.2) is 0 Å². The van der Waals surface area contributed by atoms with Gasteiger partial charge in [0, 0.05) is 24.5 Å². The highest BCUT2D eigenvalue weighted by atomic mass is 32.1. The van der Waals surface area contributed by atoms with Crippen molar-refractivity contribution in [2.45, 2.75) is 45.3 Å². The molecule has 1 saturated heterocycles. The summed E-state index contributed by atoms with van der Waals surface area (Å²) in [5.41, 5.74) is 0. The number of likely N-dealkylation sites (tertiary alicyclic amines) is 1. The first-order chi connectivity index (χ1) is 11.2. The Kier molecular flexibility index (Phi) is 6.08. The molecule has 1 N–H and O–H groups in total. The van der Waals surface area contributed by atoms with E-state index in [2.05, 4.69) is 27.7 Å². The second-order valence-electron chi connectivity index (χ2n) is 6.99. The lowest BCUT2D eigenvalue weighted by atomic mass is 9.98. The van der Waals surface area contributed by atoms with Crippen LogP contribution < -0.4 is 5.32 Å². The van der Waals surface area contributed by atoms with Crippen molar-refractivity contribution in [1.82, 2.24) is 10.2 Å². The molecule has 1 aromatic rings. The van der Waals surface area contributed by atoms with Gasteiger partial charge in [-0.1, -0.05) is 6.07 Å². The Hall–Kier alpha value is -0.910. The van der Waals surface area contributed by atoms with Crippen LogP contribution in [-0.4, -0.2) is 43.2 Å². The summed E-state index contributed by atoms with van der Waals surface area (Å²) < 4.78 is 5.64. The van der Waals surface area contributed by atoms with E-state index in [0.29, 0.717) is 11.8 Å². The molecule has 2 heterocycles. The van der Waals surface area contributed by atoms with E-state index in [1.807, 2.05) is 18.3 Å². The van der Waals surface area contributed by atoms with Crippen LogP contribution in [0.15, 0.2) is 17.5 Å². The number of hydrogen-bond donors (Lipinski definition) is 1. The van der Waals surface area contributed by atoms with Crippen molar-refractivity contribution in [1.29, 1.82) is 0 Å². The molecule has 23 heavy (non-hydrogen) atoms. The number of rotatable bonds is 8. The summed E-state index contributed by atoms with van der Waals surface area (Å²) in [6.45, 7) is 6.67. The van der Waals surface area contributed by atoms with E-state index in [9.17, 15) is 4.79 Å². The van der Waals surface area contributed by atoms with Crippen LogP contribution in [0.1, 0.15) is 37.5 Å². The smallest absolute Gasteiger partial charge is 0.248 e. The van der Waals surface area contributed by atoms with Crippen molar-refractivity contribution in [3.8, 4) is 0 Å². The minimum atomic E-state index is -0.318. The van der Waals surface area contributed by atoms with E-state index in [-0.39, 0.29) is 12.0 Å². The standard InChI is InChI=1S/C18H28N2O2S/c1-14(22-13-15-6-7-15)18(21)19-10-16-4-2-8-20(11-16)12-17-5-3-9-23-17/h3,5,9,14-16H,2,4,6-8,10-13H2,1H3,(H,19,21)/t14-,16-/m1/s1. The van der Waals surface area contributed by atoms with Gasteiger partial charge in [-0.25, -0.2) is 0 Å². The molecule has 1 saturated carbocycles. The number of hydrogen-bond acceptors (Lipinski definition) is 4. The SMILES string of the molecule is C[C@@H](OCC1CC1)C(=O)NC[C@H]1CCCN(Cc2cccs2)C1. The number of nitrogens with one attached hydrogen (secondary N) is 1. The average molecular weight is 337 g/mol. The fraction of sp³-hybridized carbons (Fsp3) is 0.722. The van der Waals surface area contributed by atoms with Gasteiger partial charge in [0.25, 0.3) is 0 Å². The van der Waals surface area contributed by atoms with Gasteiger partial charge in [0.2, 0.25) is 5.91 Å². The van der Waals surface area contributed by atoms with Crippen molar-refractivity contribution >= 4 is 17.2 Å². The Morgan fingerprint density at radius 1 is 1.43 bits per heavy atom. The van der Waals surface area contributed by atoms with Crippen LogP contribution in [0, 0.1) is 11.8 Å². The van der Waals surface area contributed by atoms with E-state index >= 15 is 0 Å². The third-order valence-electron chi connectivity index (χ3n) is 4.78. The number of amides is 1. The Balaban J connectivity index is 1.36. The van der Waals surface area contributed by atoms with Gasteiger partial charge in [-0.3, -0.25) is 9.69 Å². The molecule has 1 amide bonds. The number of nitrogens with zero attached hydrogens (tertiary/aromatic N) is 1. The van der Waals surface area contributed by atoms with Crippen LogP contribution in [-0.2, 0) is 16.1 Å². The normalized spacial score (nSPS) is 23.6. The fourth-order valence-electron chi connectivity index (χ4n) is 3.11. The maximum Gasteiger partial charge on any atom is 0.248 e. The Labute approximate surface area is 143 Å².